The highest BCUT2D eigenvalue weighted by Gasteiger charge is 2.17. The number of hydrogen-bond acceptors (Lipinski definition) is 3. The van der Waals surface area contributed by atoms with Gasteiger partial charge in [-0.05, 0) is 43.7 Å². The predicted molar refractivity (Wildman–Crippen MR) is 93.4 cm³/mol. The molecular weight excluding hydrogens is 260 g/mol. The maximum Gasteiger partial charge on any atom is 0.0613 e. The van der Waals surface area contributed by atoms with Crippen LogP contribution in [0.1, 0.15) is 52.5 Å². The minimum Gasteiger partial charge on any atom is -0.393 e. The van der Waals surface area contributed by atoms with Crippen LogP contribution in [0.25, 0.3) is 0 Å². The molecule has 0 fully saturated rings. The number of benzene rings is 1. The standard InChI is InChI=1S/C18H32N2O/c1-7-13(3)16-10-9-11-17(18(16)19-8-2)20(6)12-14(4)15(5)21/h9-11,13-15,19,21H,7-8,12H2,1-6H3. The molecule has 3 heteroatoms. The third-order valence-corrected chi connectivity index (χ3v) is 4.37. The van der Waals surface area contributed by atoms with Gasteiger partial charge in [-0.3, -0.25) is 0 Å². The van der Waals surface area contributed by atoms with Gasteiger partial charge in [-0.1, -0.05) is 32.9 Å². The molecule has 3 unspecified atom stereocenters. The van der Waals surface area contributed by atoms with Crippen molar-refractivity contribution in [3.63, 3.8) is 0 Å². The molecular formula is C18H32N2O. The molecule has 0 aromatic heterocycles. The first-order valence-electron chi connectivity index (χ1n) is 8.18. The SMILES string of the molecule is CCNc1c(C(C)CC)cccc1N(C)CC(C)C(C)O. The normalized spacial score (nSPS) is 15.4. The summed E-state index contributed by atoms with van der Waals surface area (Å²) >= 11 is 0. The summed E-state index contributed by atoms with van der Waals surface area (Å²) in [4.78, 5) is 2.25. The molecule has 1 rings (SSSR count). The first-order valence-corrected chi connectivity index (χ1v) is 8.18. The molecule has 2 N–H and O–H groups in total. The average molecular weight is 292 g/mol. The highest BCUT2D eigenvalue weighted by atomic mass is 16.3. The first-order chi connectivity index (χ1) is 9.92. The number of para-hydroxylation sites is 1. The molecule has 3 nitrogen and oxygen atoms in total. The van der Waals surface area contributed by atoms with Crippen LogP contribution in [-0.4, -0.2) is 31.3 Å². The molecule has 3 atom stereocenters. The lowest BCUT2D eigenvalue weighted by Gasteiger charge is -2.29. The number of nitrogens with zero attached hydrogens (tertiary/aromatic N) is 1. The van der Waals surface area contributed by atoms with Gasteiger partial charge >= 0.3 is 0 Å². The van der Waals surface area contributed by atoms with Gasteiger partial charge in [0, 0.05) is 20.1 Å². The van der Waals surface area contributed by atoms with Gasteiger partial charge in [-0.2, -0.15) is 0 Å². The van der Waals surface area contributed by atoms with E-state index >= 15 is 0 Å². The Morgan fingerprint density at radius 3 is 2.38 bits per heavy atom. The fourth-order valence-electron chi connectivity index (χ4n) is 2.56. The Hall–Kier alpha value is -1.22. The molecule has 1 aromatic rings. The third-order valence-electron chi connectivity index (χ3n) is 4.37. The number of rotatable bonds is 8. The summed E-state index contributed by atoms with van der Waals surface area (Å²) in [6.45, 7) is 12.4. The number of anilines is 2. The van der Waals surface area contributed by atoms with Gasteiger partial charge in [0.2, 0.25) is 0 Å². The van der Waals surface area contributed by atoms with Crippen LogP contribution in [0.4, 0.5) is 11.4 Å². The van der Waals surface area contributed by atoms with E-state index in [-0.39, 0.29) is 12.0 Å². The van der Waals surface area contributed by atoms with Gasteiger partial charge in [-0.15, -0.1) is 0 Å². The molecule has 0 saturated carbocycles. The summed E-state index contributed by atoms with van der Waals surface area (Å²) in [6, 6.07) is 6.53. The molecule has 0 saturated heterocycles. The van der Waals surface area contributed by atoms with E-state index in [0.29, 0.717) is 5.92 Å². The van der Waals surface area contributed by atoms with Crippen molar-refractivity contribution in [2.75, 3.05) is 30.4 Å². The van der Waals surface area contributed by atoms with Crippen molar-refractivity contribution in [3.8, 4) is 0 Å². The lowest BCUT2D eigenvalue weighted by atomic mass is 9.95. The van der Waals surface area contributed by atoms with Crippen LogP contribution in [0.2, 0.25) is 0 Å². The van der Waals surface area contributed by atoms with Crippen molar-refractivity contribution in [1.29, 1.82) is 0 Å². The van der Waals surface area contributed by atoms with E-state index in [9.17, 15) is 5.11 Å². The summed E-state index contributed by atoms with van der Waals surface area (Å²) in [5, 5.41) is 13.3. The van der Waals surface area contributed by atoms with Crippen LogP contribution in [0, 0.1) is 5.92 Å². The van der Waals surface area contributed by atoms with Gasteiger partial charge in [0.25, 0.3) is 0 Å². The summed E-state index contributed by atoms with van der Waals surface area (Å²) in [5.41, 5.74) is 3.85. The van der Waals surface area contributed by atoms with E-state index in [1.54, 1.807) is 0 Å². The van der Waals surface area contributed by atoms with Gasteiger partial charge < -0.3 is 15.3 Å². The molecule has 0 aliphatic carbocycles. The molecule has 1 aromatic carbocycles. The third kappa shape index (κ3) is 4.63. The predicted octanol–water partition coefficient (Wildman–Crippen LogP) is 4.09. The lowest BCUT2D eigenvalue weighted by molar-refractivity contribution is 0.138. The van der Waals surface area contributed by atoms with E-state index < -0.39 is 0 Å². The average Bonchev–Trinajstić information content (AvgIpc) is 2.46. The molecule has 0 spiro atoms. The van der Waals surface area contributed by atoms with E-state index in [0.717, 1.165) is 19.5 Å². The quantitative estimate of drug-likeness (QED) is 0.757. The molecule has 0 aliphatic rings. The Kier molecular flexibility index (Phi) is 7.03. The number of hydrogen-bond donors (Lipinski definition) is 2. The molecule has 0 heterocycles. The zero-order valence-electron chi connectivity index (χ0n) is 14.5. The molecule has 120 valence electrons. The Morgan fingerprint density at radius 2 is 1.86 bits per heavy atom. The summed E-state index contributed by atoms with van der Waals surface area (Å²) in [6.07, 6.45) is 0.850. The number of aliphatic hydroxyl groups excluding tert-OH is 1. The summed E-state index contributed by atoms with van der Waals surface area (Å²) < 4.78 is 0. The van der Waals surface area contributed by atoms with Crippen LogP contribution in [0.15, 0.2) is 18.2 Å². The van der Waals surface area contributed by atoms with Crippen LogP contribution in [0.5, 0.6) is 0 Å². The van der Waals surface area contributed by atoms with Crippen LogP contribution >= 0.6 is 0 Å². The number of aliphatic hydroxyl groups is 1. The van der Waals surface area contributed by atoms with Gasteiger partial charge in [0.15, 0.2) is 0 Å². The first kappa shape index (κ1) is 17.8. The van der Waals surface area contributed by atoms with Crippen LogP contribution in [0.3, 0.4) is 0 Å². The second-order valence-electron chi connectivity index (χ2n) is 6.18. The Balaban J connectivity index is 3.10. The molecule has 0 bridgehead atoms. The largest absolute Gasteiger partial charge is 0.393 e. The fourth-order valence-corrected chi connectivity index (χ4v) is 2.56. The van der Waals surface area contributed by atoms with Crippen molar-refractivity contribution in [3.05, 3.63) is 23.8 Å². The smallest absolute Gasteiger partial charge is 0.0613 e. The maximum atomic E-state index is 9.73. The van der Waals surface area contributed by atoms with Crippen molar-refractivity contribution in [2.45, 2.75) is 53.1 Å². The molecule has 0 radical (unpaired) electrons. The van der Waals surface area contributed by atoms with Crippen molar-refractivity contribution in [2.24, 2.45) is 5.92 Å². The molecule has 0 aliphatic heterocycles. The van der Waals surface area contributed by atoms with E-state index in [2.05, 4.69) is 63.2 Å². The second-order valence-corrected chi connectivity index (χ2v) is 6.18. The second kappa shape index (κ2) is 8.28. The van der Waals surface area contributed by atoms with E-state index in [1.807, 2.05) is 6.92 Å². The van der Waals surface area contributed by atoms with Crippen molar-refractivity contribution < 1.29 is 5.11 Å². The van der Waals surface area contributed by atoms with Crippen molar-refractivity contribution >= 4 is 11.4 Å². The number of nitrogens with one attached hydrogen (secondary N) is 1. The van der Waals surface area contributed by atoms with Crippen LogP contribution in [-0.2, 0) is 0 Å². The van der Waals surface area contributed by atoms with Crippen molar-refractivity contribution in [1.82, 2.24) is 0 Å². The van der Waals surface area contributed by atoms with E-state index in [4.69, 9.17) is 0 Å². The fraction of sp³-hybridized carbons (Fsp3) is 0.667. The highest BCUT2D eigenvalue weighted by Crippen LogP contribution is 2.35. The Labute approximate surface area is 130 Å². The molecule has 0 amide bonds. The summed E-state index contributed by atoms with van der Waals surface area (Å²) in [5.74, 6) is 0.790. The topological polar surface area (TPSA) is 35.5 Å². The van der Waals surface area contributed by atoms with Crippen LogP contribution < -0.4 is 10.2 Å². The Morgan fingerprint density at radius 1 is 1.19 bits per heavy atom. The van der Waals surface area contributed by atoms with Gasteiger partial charge in [-0.25, -0.2) is 0 Å². The minimum absolute atomic E-state index is 0.247. The minimum atomic E-state index is -0.284. The monoisotopic (exact) mass is 292 g/mol. The highest BCUT2D eigenvalue weighted by molar-refractivity contribution is 5.74. The maximum absolute atomic E-state index is 9.73. The lowest BCUT2D eigenvalue weighted by Crippen LogP contribution is -2.30. The van der Waals surface area contributed by atoms with Gasteiger partial charge in [0.05, 0.1) is 17.5 Å². The zero-order chi connectivity index (χ0) is 16.0. The van der Waals surface area contributed by atoms with E-state index in [1.165, 1.54) is 16.9 Å². The summed E-state index contributed by atoms with van der Waals surface area (Å²) in [7, 11) is 2.11. The molecule has 21 heavy (non-hydrogen) atoms. The zero-order valence-corrected chi connectivity index (χ0v) is 14.5. The Bertz CT molecular complexity index is 431. The van der Waals surface area contributed by atoms with Gasteiger partial charge in [0.1, 0.15) is 0 Å².